The van der Waals surface area contributed by atoms with Gasteiger partial charge in [0, 0.05) is 35.9 Å². The molecule has 0 unspecified atom stereocenters. The second kappa shape index (κ2) is 15.7. The van der Waals surface area contributed by atoms with Gasteiger partial charge in [0.2, 0.25) is 0 Å². The van der Waals surface area contributed by atoms with E-state index in [1.165, 1.54) is 5.56 Å². The lowest BCUT2D eigenvalue weighted by atomic mass is 9.90. The summed E-state index contributed by atoms with van der Waals surface area (Å²) in [5, 5.41) is 15.4. The van der Waals surface area contributed by atoms with Crippen LogP contribution in [0.3, 0.4) is 0 Å². The summed E-state index contributed by atoms with van der Waals surface area (Å²) in [4.78, 5) is 15.2. The van der Waals surface area contributed by atoms with Crippen LogP contribution in [0.25, 0.3) is 0 Å². The molecule has 0 radical (unpaired) electrons. The summed E-state index contributed by atoms with van der Waals surface area (Å²) in [5.74, 6) is 1.47. The molecule has 2 amide bonds. The fraction of sp³-hybridized carbons (Fsp3) is 0.225. The number of anilines is 2. The van der Waals surface area contributed by atoms with Crippen molar-refractivity contribution in [1.29, 1.82) is 0 Å². The van der Waals surface area contributed by atoms with Gasteiger partial charge in [-0.15, -0.1) is 0 Å². The van der Waals surface area contributed by atoms with Crippen LogP contribution in [0.1, 0.15) is 41.6 Å². The normalized spacial score (nSPS) is 19.1. The van der Waals surface area contributed by atoms with Gasteiger partial charge in [-0.3, -0.25) is 4.90 Å². The number of hydrogen-bond donors (Lipinski definition) is 3. The lowest BCUT2D eigenvalue weighted by Gasteiger charge is -2.42. The summed E-state index contributed by atoms with van der Waals surface area (Å²) in [6.45, 7) is 3.65. The van der Waals surface area contributed by atoms with Crippen molar-refractivity contribution >= 4 is 17.4 Å². The number of ether oxygens (including phenoxy) is 3. The molecule has 0 aliphatic carbocycles. The molecule has 0 bridgehead atoms. The summed E-state index contributed by atoms with van der Waals surface area (Å²) in [7, 11) is 2.10. The zero-order chi connectivity index (χ0) is 33.3. The first-order valence-electron chi connectivity index (χ1n) is 16.2. The zero-order valence-corrected chi connectivity index (χ0v) is 27.2. The van der Waals surface area contributed by atoms with E-state index in [0.717, 1.165) is 29.0 Å². The van der Waals surface area contributed by atoms with E-state index in [9.17, 15) is 9.90 Å². The molecule has 1 aliphatic heterocycles. The highest BCUT2D eigenvalue weighted by Gasteiger charge is 2.39. The third kappa shape index (κ3) is 8.67. The molecule has 6 rings (SSSR count). The average molecular weight is 644 g/mol. The minimum atomic E-state index is -0.652. The maximum atomic E-state index is 13.0. The van der Waals surface area contributed by atoms with Crippen LogP contribution in [-0.4, -0.2) is 35.7 Å². The number of rotatable bonds is 11. The number of likely N-dealkylation sites (N-methyl/N-ethyl adjacent to an activating group) is 1. The van der Waals surface area contributed by atoms with Crippen LogP contribution in [0.4, 0.5) is 16.2 Å². The van der Waals surface area contributed by atoms with Crippen LogP contribution < -0.4 is 15.4 Å². The minimum absolute atomic E-state index is 0.0125. The van der Waals surface area contributed by atoms with Gasteiger partial charge in [-0.25, -0.2) is 4.79 Å². The SMILES string of the molecule is C[C@H]1[C@@H](CN(C)Cc2ccccc2)O[C@@H](c2cccc(NC(=O)Nc3ccc(Oc4ccccc4)cc3)c2)O[C@H]1c1ccc(CO)cc1. The molecule has 8 nitrogen and oxygen atoms in total. The van der Waals surface area contributed by atoms with E-state index in [2.05, 4.69) is 53.8 Å². The molecule has 48 heavy (non-hydrogen) atoms. The summed E-state index contributed by atoms with van der Waals surface area (Å²) < 4.78 is 19.1. The highest BCUT2D eigenvalue weighted by atomic mass is 16.7. The Balaban J connectivity index is 1.14. The first-order valence-corrected chi connectivity index (χ1v) is 16.2. The molecule has 5 aromatic rings. The summed E-state index contributed by atoms with van der Waals surface area (Å²) >= 11 is 0. The number of nitrogens with one attached hydrogen (secondary N) is 2. The average Bonchev–Trinajstić information content (AvgIpc) is 3.11. The molecule has 0 saturated carbocycles. The maximum Gasteiger partial charge on any atom is 0.323 e. The monoisotopic (exact) mass is 643 g/mol. The van der Waals surface area contributed by atoms with Gasteiger partial charge in [-0.05, 0) is 72.3 Å². The fourth-order valence-electron chi connectivity index (χ4n) is 5.88. The van der Waals surface area contributed by atoms with Gasteiger partial charge >= 0.3 is 6.03 Å². The summed E-state index contributed by atoms with van der Waals surface area (Å²) in [6.07, 6.45) is -1.02. The molecule has 4 atom stereocenters. The Labute approximate surface area is 281 Å². The van der Waals surface area contributed by atoms with Gasteiger partial charge in [-0.2, -0.15) is 0 Å². The lowest BCUT2D eigenvalue weighted by molar-refractivity contribution is -0.276. The third-order valence-electron chi connectivity index (χ3n) is 8.42. The Morgan fingerprint density at radius 3 is 2.10 bits per heavy atom. The van der Waals surface area contributed by atoms with E-state index in [0.29, 0.717) is 23.7 Å². The number of aliphatic hydroxyl groups is 1. The lowest BCUT2D eigenvalue weighted by Crippen LogP contribution is -2.43. The Hall–Kier alpha value is -4.99. The van der Waals surface area contributed by atoms with Crippen LogP contribution in [0.15, 0.2) is 133 Å². The van der Waals surface area contributed by atoms with Crippen LogP contribution in [0.2, 0.25) is 0 Å². The van der Waals surface area contributed by atoms with Crippen LogP contribution >= 0.6 is 0 Å². The van der Waals surface area contributed by atoms with Crippen molar-refractivity contribution in [2.24, 2.45) is 5.92 Å². The number of nitrogens with zero attached hydrogens (tertiary/aromatic N) is 1. The first kappa shape index (κ1) is 32.9. The smallest absolute Gasteiger partial charge is 0.323 e. The number of benzene rings is 5. The number of carbonyl (C=O) groups excluding carboxylic acids is 1. The summed E-state index contributed by atoms with van der Waals surface area (Å²) in [6, 6.07) is 42.2. The van der Waals surface area contributed by atoms with Crippen molar-refractivity contribution in [1.82, 2.24) is 4.90 Å². The number of amides is 2. The van der Waals surface area contributed by atoms with Gasteiger partial charge in [0.1, 0.15) is 11.5 Å². The van der Waals surface area contributed by atoms with Gasteiger partial charge in [0.15, 0.2) is 6.29 Å². The zero-order valence-electron chi connectivity index (χ0n) is 27.2. The third-order valence-corrected chi connectivity index (χ3v) is 8.42. The van der Waals surface area contributed by atoms with Crippen molar-refractivity contribution < 1.29 is 24.1 Å². The quantitative estimate of drug-likeness (QED) is 0.134. The second-order valence-corrected chi connectivity index (χ2v) is 12.1. The van der Waals surface area contributed by atoms with Crippen LogP contribution in [0, 0.1) is 5.92 Å². The van der Waals surface area contributed by atoms with Crippen molar-refractivity contribution in [2.75, 3.05) is 24.2 Å². The van der Waals surface area contributed by atoms with E-state index >= 15 is 0 Å². The Morgan fingerprint density at radius 1 is 0.729 bits per heavy atom. The van der Waals surface area contributed by atoms with Crippen LogP contribution in [-0.2, 0) is 22.6 Å². The van der Waals surface area contributed by atoms with E-state index in [1.54, 1.807) is 12.1 Å². The first-order chi connectivity index (χ1) is 23.4. The van der Waals surface area contributed by atoms with Gasteiger partial charge in [-0.1, -0.05) is 91.9 Å². The minimum Gasteiger partial charge on any atom is -0.457 e. The number of aliphatic hydroxyl groups excluding tert-OH is 1. The Morgan fingerprint density at radius 2 is 1.40 bits per heavy atom. The maximum absolute atomic E-state index is 13.0. The molecule has 5 aromatic carbocycles. The second-order valence-electron chi connectivity index (χ2n) is 12.1. The highest BCUT2D eigenvalue weighted by Crippen LogP contribution is 2.42. The molecular formula is C40H41N3O5. The molecule has 1 aliphatic rings. The Kier molecular flexibility index (Phi) is 10.8. The summed E-state index contributed by atoms with van der Waals surface area (Å²) in [5.41, 5.74) is 5.16. The van der Waals surface area contributed by atoms with E-state index in [4.69, 9.17) is 14.2 Å². The molecule has 1 saturated heterocycles. The highest BCUT2D eigenvalue weighted by molar-refractivity contribution is 5.99. The predicted octanol–water partition coefficient (Wildman–Crippen LogP) is 8.54. The standard InChI is InChI=1S/C40H41N3O5/c1-28-37(26-43(2)25-29-10-5-3-6-11-29)47-39(48-38(28)31-18-16-30(27-44)17-19-31)32-12-9-13-34(24-32)42-40(45)41-33-20-22-36(23-21-33)46-35-14-7-4-8-15-35/h3-24,28,37-39,44H,25-27H2,1-2H3,(H2,41,42,45)/t28-,37+,38+,39+/m0/s1. The van der Waals surface area contributed by atoms with Gasteiger partial charge in [0.05, 0.1) is 18.8 Å². The van der Waals surface area contributed by atoms with Crippen molar-refractivity contribution in [2.45, 2.75) is 38.6 Å². The topological polar surface area (TPSA) is 92.3 Å². The Bertz CT molecular complexity index is 1750. The molecule has 1 heterocycles. The molecular weight excluding hydrogens is 602 g/mol. The van der Waals surface area contributed by atoms with Crippen molar-refractivity contribution in [3.8, 4) is 11.5 Å². The molecule has 0 spiro atoms. The van der Waals surface area contributed by atoms with Gasteiger partial charge in [0.25, 0.3) is 0 Å². The van der Waals surface area contributed by atoms with E-state index < -0.39 is 6.29 Å². The number of urea groups is 1. The largest absolute Gasteiger partial charge is 0.457 e. The predicted molar refractivity (Wildman–Crippen MR) is 188 cm³/mol. The fourth-order valence-corrected chi connectivity index (χ4v) is 5.88. The molecule has 3 N–H and O–H groups in total. The van der Waals surface area contributed by atoms with E-state index in [-0.39, 0.29) is 30.8 Å². The van der Waals surface area contributed by atoms with Gasteiger partial charge < -0.3 is 30.0 Å². The number of para-hydroxylation sites is 1. The van der Waals surface area contributed by atoms with Crippen LogP contribution in [0.5, 0.6) is 11.5 Å². The van der Waals surface area contributed by atoms with Crippen molar-refractivity contribution in [3.63, 3.8) is 0 Å². The molecule has 246 valence electrons. The number of hydrogen-bond acceptors (Lipinski definition) is 6. The molecule has 0 aromatic heterocycles. The molecule has 8 heteroatoms. The molecule has 1 fully saturated rings. The van der Waals surface area contributed by atoms with Crippen molar-refractivity contribution in [3.05, 3.63) is 156 Å². The number of carbonyl (C=O) groups is 1. The van der Waals surface area contributed by atoms with E-state index in [1.807, 2.05) is 97.1 Å².